The maximum Gasteiger partial charge on any atom is 0.439 e. The molecule has 0 aliphatic rings. The van der Waals surface area contributed by atoms with E-state index in [4.69, 9.17) is 14.7 Å². The molecule has 2 amide bonds. The van der Waals surface area contributed by atoms with E-state index in [2.05, 4.69) is 40.0 Å². The number of fused-ring (bicyclic) bond motifs is 2. The molecule has 0 bridgehead atoms. The molecule has 5 aromatic carbocycles. The minimum atomic E-state index is -0.737. The summed E-state index contributed by atoms with van der Waals surface area (Å²) in [6, 6.07) is 38.0. The maximum absolute atomic E-state index is 13.2. The fourth-order valence-corrected chi connectivity index (χ4v) is 6.92. The molecule has 9 aromatic rings. The third kappa shape index (κ3) is 8.59. The van der Waals surface area contributed by atoms with E-state index < -0.39 is 11.5 Å². The Bertz CT molecular complexity index is 3430. The number of H-pyrrole nitrogens is 2. The zero-order valence-electron chi connectivity index (χ0n) is 34.1. The number of rotatable bonds is 10. The maximum atomic E-state index is 13.2. The number of methoxy groups -OCH3 is 1. The predicted molar refractivity (Wildman–Crippen MR) is 234 cm³/mol. The number of aromatic amines is 2. The summed E-state index contributed by atoms with van der Waals surface area (Å²) in [6.45, 7) is 0.440. The lowest BCUT2D eigenvalue weighted by atomic mass is 10.1. The highest BCUT2D eigenvalue weighted by Crippen LogP contribution is 2.30. The lowest BCUT2D eigenvalue weighted by Crippen LogP contribution is -2.16. The molecule has 316 valence electrons. The topological polar surface area (TPSA) is 252 Å². The van der Waals surface area contributed by atoms with Gasteiger partial charge in [-0.25, -0.2) is 9.59 Å². The molecule has 18 nitrogen and oxygen atoms in total. The van der Waals surface area contributed by atoms with Crippen molar-refractivity contribution < 1.29 is 28.1 Å². The van der Waals surface area contributed by atoms with Gasteiger partial charge < -0.3 is 29.2 Å². The zero-order chi connectivity index (χ0) is 44.9. The Morgan fingerprint density at radius 3 is 1.59 bits per heavy atom. The molecule has 18 heteroatoms. The Kier molecular flexibility index (Phi) is 11.4. The van der Waals surface area contributed by atoms with Crippen LogP contribution in [-0.4, -0.2) is 48.3 Å². The summed E-state index contributed by atoms with van der Waals surface area (Å²) in [7, 11) is 5.16. The first-order valence-corrected chi connectivity index (χ1v) is 19.2. The molecular weight excluding hydrogens is 821 g/mol. The fraction of sp³-hybridized carbons (Fsp3) is 0.0870. The Labute approximate surface area is 361 Å². The van der Waals surface area contributed by atoms with Gasteiger partial charge in [0.2, 0.25) is 0 Å². The number of amides is 2. The van der Waals surface area contributed by atoms with Crippen LogP contribution < -0.4 is 31.6 Å². The molecule has 0 aliphatic heterocycles. The van der Waals surface area contributed by atoms with Crippen molar-refractivity contribution in [2.45, 2.75) is 6.61 Å². The predicted octanol–water partition coefficient (Wildman–Crippen LogP) is 6.88. The van der Waals surface area contributed by atoms with E-state index in [-0.39, 0.29) is 23.5 Å². The lowest BCUT2D eigenvalue weighted by molar-refractivity contribution is 0.101. The van der Waals surface area contributed by atoms with Crippen LogP contribution in [0.15, 0.2) is 134 Å². The van der Waals surface area contributed by atoms with E-state index in [0.29, 0.717) is 63.1 Å². The lowest BCUT2D eigenvalue weighted by Gasteiger charge is -2.10. The molecule has 0 saturated carbocycles. The number of benzene rings is 5. The number of nitrogens with one attached hydrogen (secondary N) is 4. The van der Waals surface area contributed by atoms with Gasteiger partial charge in [0.1, 0.15) is 29.5 Å². The summed E-state index contributed by atoms with van der Waals surface area (Å²) in [5, 5.41) is 33.2. The second kappa shape index (κ2) is 17.7. The number of aromatic nitrogens is 6. The van der Waals surface area contributed by atoms with E-state index in [0.717, 1.165) is 27.4 Å². The van der Waals surface area contributed by atoms with Crippen LogP contribution in [-0.2, 0) is 20.7 Å². The molecule has 0 radical (unpaired) electrons. The molecule has 0 atom stereocenters. The number of ether oxygens (including phenoxy) is 2. The highest BCUT2D eigenvalue weighted by Gasteiger charge is 2.20. The van der Waals surface area contributed by atoms with Crippen molar-refractivity contribution in [2.24, 2.45) is 14.1 Å². The van der Waals surface area contributed by atoms with Gasteiger partial charge in [0.25, 0.3) is 11.8 Å². The van der Waals surface area contributed by atoms with Gasteiger partial charge in [0.15, 0.2) is 11.6 Å². The van der Waals surface area contributed by atoms with Crippen molar-refractivity contribution in [1.29, 1.82) is 10.5 Å². The van der Waals surface area contributed by atoms with E-state index in [1.54, 1.807) is 66.7 Å². The van der Waals surface area contributed by atoms with Crippen LogP contribution in [0.5, 0.6) is 11.5 Å². The zero-order valence-corrected chi connectivity index (χ0v) is 34.1. The first-order valence-electron chi connectivity index (χ1n) is 19.2. The second-order valence-electron chi connectivity index (χ2n) is 14.1. The van der Waals surface area contributed by atoms with E-state index in [1.807, 2.05) is 78.9 Å². The van der Waals surface area contributed by atoms with Gasteiger partial charge in [0.05, 0.1) is 52.8 Å². The third-order valence-electron chi connectivity index (χ3n) is 10.2. The highest BCUT2D eigenvalue weighted by atomic mass is 16.5. The number of hydrogen-bond donors (Lipinski definition) is 4. The summed E-state index contributed by atoms with van der Waals surface area (Å²) in [6.07, 6.45) is 0. The number of nitrogens with zero attached hydrogens (tertiary/aromatic N) is 6. The summed E-state index contributed by atoms with van der Waals surface area (Å²) < 4.78 is 23.8. The monoisotopic (exact) mass is 854 g/mol. The molecule has 0 saturated heterocycles. The van der Waals surface area contributed by atoms with Gasteiger partial charge in [-0.05, 0) is 78.4 Å². The van der Waals surface area contributed by atoms with Crippen LogP contribution in [0.4, 0.5) is 11.4 Å². The van der Waals surface area contributed by atoms with Crippen molar-refractivity contribution in [3.63, 3.8) is 0 Å². The Balaban J connectivity index is 0.000000178. The first-order chi connectivity index (χ1) is 31.0. The average molecular weight is 855 g/mol. The van der Waals surface area contributed by atoms with Crippen LogP contribution in [0.1, 0.15) is 37.7 Å². The van der Waals surface area contributed by atoms with Crippen LogP contribution in [0, 0.1) is 22.7 Å². The van der Waals surface area contributed by atoms with E-state index >= 15 is 0 Å². The second-order valence-corrected chi connectivity index (χ2v) is 14.1. The molecule has 0 spiro atoms. The summed E-state index contributed by atoms with van der Waals surface area (Å²) >= 11 is 0. The number of nitriles is 2. The fourth-order valence-electron chi connectivity index (χ4n) is 6.92. The molecule has 9 rings (SSSR count). The minimum Gasteiger partial charge on any atom is -0.497 e. The smallest absolute Gasteiger partial charge is 0.439 e. The van der Waals surface area contributed by atoms with Gasteiger partial charge in [-0.2, -0.15) is 10.5 Å². The molecule has 0 fully saturated rings. The molecule has 0 aliphatic carbocycles. The van der Waals surface area contributed by atoms with Crippen molar-refractivity contribution in [1.82, 2.24) is 29.4 Å². The summed E-state index contributed by atoms with van der Waals surface area (Å²) in [5.74, 6) is -0.592. The number of anilines is 2. The molecule has 4 heterocycles. The van der Waals surface area contributed by atoms with Gasteiger partial charge in [-0.3, -0.25) is 28.6 Å². The van der Waals surface area contributed by atoms with Crippen molar-refractivity contribution in [2.75, 3.05) is 17.7 Å². The van der Waals surface area contributed by atoms with E-state index in [1.165, 1.54) is 12.1 Å². The van der Waals surface area contributed by atoms with Crippen molar-refractivity contribution in [3.8, 4) is 46.4 Å². The highest BCUT2D eigenvalue weighted by molar-refractivity contribution is 6.09. The summed E-state index contributed by atoms with van der Waals surface area (Å²) in [5.41, 5.74) is 5.75. The Morgan fingerprint density at radius 2 is 1.14 bits per heavy atom. The molecule has 64 heavy (non-hydrogen) atoms. The normalized spacial score (nSPS) is 10.7. The first kappa shape index (κ1) is 41.3. The number of carbonyl (C=O) groups is 2. The SMILES string of the molecule is COc1ccc2cc(C(=O)Nc3ccc(C#N)cc3-c3noc(=O)[nH]3)n(C)c2c1.Cn1c(C(=O)Nc2ccc(C#N)cc2-c2noc(=O)[nH]2)cc2ccc(OCc3ccccc3)cc21. The van der Waals surface area contributed by atoms with Gasteiger partial charge in [-0.15, -0.1) is 0 Å². The van der Waals surface area contributed by atoms with E-state index in [9.17, 15) is 24.4 Å². The average Bonchev–Trinajstić information content (AvgIpc) is 4.11. The van der Waals surface area contributed by atoms with Crippen LogP contribution in [0.3, 0.4) is 0 Å². The summed E-state index contributed by atoms with van der Waals surface area (Å²) in [4.78, 5) is 53.8. The molecule has 0 unspecified atom stereocenters. The number of carbonyl (C=O) groups excluding carboxylic acids is 2. The molecule has 4 N–H and O–H groups in total. The number of aryl methyl sites for hydroxylation is 2. The molecular formula is C46H34N10O8. The largest absolute Gasteiger partial charge is 0.497 e. The van der Waals surface area contributed by atoms with Gasteiger partial charge >= 0.3 is 11.5 Å². The Morgan fingerprint density at radius 1 is 0.656 bits per heavy atom. The molecule has 4 aromatic heterocycles. The van der Waals surface area contributed by atoms with Gasteiger partial charge in [-0.1, -0.05) is 40.6 Å². The Hall–Kier alpha value is -9.42. The van der Waals surface area contributed by atoms with Crippen LogP contribution >= 0.6 is 0 Å². The third-order valence-corrected chi connectivity index (χ3v) is 10.2. The van der Waals surface area contributed by atoms with Crippen molar-refractivity contribution >= 4 is 45.0 Å². The minimum absolute atomic E-state index is 0.111. The van der Waals surface area contributed by atoms with Crippen LogP contribution in [0.25, 0.3) is 44.6 Å². The number of hydrogen-bond acceptors (Lipinski definition) is 12. The van der Waals surface area contributed by atoms with Crippen LogP contribution in [0.2, 0.25) is 0 Å². The van der Waals surface area contributed by atoms with Gasteiger partial charge in [0, 0.05) is 48.1 Å². The van der Waals surface area contributed by atoms with Crippen molar-refractivity contribution in [3.05, 3.63) is 164 Å². The standard InChI is InChI=1S/C26H19N5O4.C20H15N5O4/c1-31-22-13-19(34-15-16-5-3-2-4-6-16)9-8-18(22)12-23(31)25(32)28-21-10-7-17(14-27)11-20(21)24-29-26(33)35-30-24;1-25-16-9-13(28-2)5-4-12(16)8-17(25)19(26)22-15-6-3-11(10-21)7-14(15)18-23-20(27)29-24-18/h2-13H,15H2,1H3,(H,28,32)(H,29,30,33);3-9H,1-2H3,(H,22,26)(H,23,24,27). The quantitative estimate of drug-likeness (QED) is 0.110.